The van der Waals surface area contributed by atoms with Crippen LogP contribution in [0.2, 0.25) is 0 Å². The molecule has 6 heterocycles. The molecule has 2 aliphatic heterocycles. The van der Waals surface area contributed by atoms with Crippen LogP contribution < -0.4 is 15.5 Å². The maximum atomic E-state index is 11.2. The normalized spacial score (nSPS) is 19.3. The molecule has 6 rings (SSSR count). The van der Waals surface area contributed by atoms with E-state index in [1.807, 2.05) is 6.07 Å². The van der Waals surface area contributed by atoms with Gasteiger partial charge in [-0.1, -0.05) is 0 Å². The zero-order valence-electron chi connectivity index (χ0n) is 19.7. The van der Waals surface area contributed by atoms with Crippen molar-refractivity contribution < 1.29 is 14.3 Å². The highest BCUT2D eigenvalue weighted by Crippen LogP contribution is 2.28. The molecule has 0 radical (unpaired) electrons. The summed E-state index contributed by atoms with van der Waals surface area (Å²) < 4.78 is 6.84. The highest BCUT2D eigenvalue weighted by Gasteiger charge is 2.27. The standard InChI is InChI=1S/C23H27N9O3S/c24-21-26-22(27-23-25-19(28-32(21)23)16-4-2-12-35-16)31-7-1-3-15(14-31)13-29-8-10-30(11-9-29)18-6-5-17(36-18)20(33)34/h2,4-6,12,15H,1,3,7-11,13-14H2,(H,33,34)(H2,24,25,26,27,28). The van der Waals surface area contributed by atoms with Gasteiger partial charge in [-0.25, -0.2) is 4.79 Å². The van der Waals surface area contributed by atoms with Gasteiger partial charge in [0.2, 0.25) is 17.7 Å². The third-order valence-corrected chi connectivity index (χ3v) is 7.90. The van der Waals surface area contributed by atoms with E-state index < -0.39 is 5.97 Å². The summed E-state index contributed by atoms with van der Waals surface area (Å²) in [4.78, 5) is 32.2. The van der Waals surface area contributed by atoms with Gasteiger partial charge in [0.1, 0.15) is 4.88 Å². The van der Waals surface area contributed by atoms with Gasteiger partial charge < -0.3 is 25.1 Å². The third-order valence-electron chi connectivity index (χ3n) is 6.77. The minimum Gasteiger partial charge on any atom is -0.477 e. The van der Waals surface area contributed by atoms with Crippen molar-refractivity contribution in [3.8, 4) is 11.6 Å². The Morgan fingerprint density at radius 2 is 1.97 bits per heavy atom. The molecule has 2 aliphatic rings. The second-order valence-electron chi connectivity index (χ2n) is 9.19. The summed E-state index contributed by atoms with van der Waals surface area (Å²) in [6.07, 6.45) is 3.80. The molecular formula is C23H27N9O3S. The molecule has 0 spiro atoms. The molecule has 0 saturated carbocycles. The summed E-state index contributed by atoms with van der Waals surface area (Å²) in [5.74, 6) is 1.86. The van der Waals surface area contributed by atoms with Crippen molar-refractivity contribution in [2.24, 2.45) is 5.92 Å². The molecule has 0 bridgehead atoms. The summed E-state index contributed by atoms with van der Waals surface area (Å²) >= 11 is 1.35. The predicted octanol–water partition coefficient (Wildman–Crippen LogP) is 2.16. The van der Waals surface area contributed by atoms with Crippen LogP contribution in [0.3, 0.4) is 0 Å². The quantitative estimate of drug-likeness (QED) is 0.395. The van der Waals surface area contributed by atoms with Gasteiger partial charge in [0.15, 0.2) is 5.76 Å². The van der Waals surface area contributed by atoms with E-state index in [-0.39, 0.29) is 5.95 Å². The van der Waals surface area contributed by atoms with Crippen LogP contribution in [0.1, 0.15) is 22.5 Å². The van der Waals surface area contributed by atoms with Crippen LogP contribution in [0.25, 0.3) is 17.4 Å². The van der Waals surface area contributed by atoms with Crippen molar-refractivity contribution in [3.05, 3.63) is 35.4 Å². The average Bonchev–Trinajstić information content (AvgIpc) is 3.65. The van der Waals surface area contributed by atoms with Crippen molar-refractivity contribution in [2.75, 3.05) is 61.3 Å². The number of carboxylic acid groups (broad SMARTS) is 1. The maximum absolute atomic E-state index is 11.2. The minimum absolute atomic E-state index is 0.248. The van der Waals surface area contributed by atoms with Crippen LogP contribution >= 0.6 is 11.3 Å². The molecule has 2 saturated heterocycles. The lowest BCUT2D eigenvalue weighted by Gasteiger charge is -2.39. The second-order valence-corrected chi connectivity index (χ2v) is 10.3. The van der Waals surface area contributed by atoms with Gasteiger partial charge in [0.05, 0.1) is 11.3 Å². The number of fused-ring (bicyclic) bond motifs is 1. The number of carboxylic acids is 1. The number of thiophene rings is 1. The molecule has 0 aromatic carbocycles. The zero-order chi connectivity index (χ0) is 24.6. The average molecular weight is 510 g/mol. The van der Waals surface area contributed by atoms with Gasteiger partial charge in [0, 0.05) is 45.8 Å². The zero-order valence-corrected chi connectivity index (χ0v) is 20.5. The number of nitrogens with two attached hydrogens (primary N) is 1. The van der Waals surface area contributed by atoms with Crippen molar-refractivity contribution >= 4 is 40.0 Å². The fourth-order valence-corrected chi connectivity index (χ4v) is 5.87. The number of rotatable bonds is 6. The fourth-order valence-electron chi connectivity index (χ4n) is 4.97. The number of piperidine rings is 1. The van der Waals surface area contributed by atoms with E-state index in [2.05, 4.69) is 34.8 Å². The number of furan rings is 1. The number of hydrogen-bond acceptors (Lipinski definition) is 11. The van der Waals surface area contributed by atoms with Gasteiger partial charge in [-0.15, -0.1) is 16.4 Å². The Balaban J connectivity index is 1.09. The van der Waals surface area contributed by atoms with Crippen LogP contribution in [0.4, 0.5) is 16.9 Å². The Labute approximate surface area is 211 Å². The van der Waals surface area contributed by atoms with E-state index in [1.165, 1.54) is 15.9 Å². The first-order valence-electron chi connectivity index (χ1n) is 12.0. The van der Waals surface area contributed by atoms with E-state index in [1.54, 1.807) is 24.5 Å². The van der Waals surface area contributed by atoms with Crippen LogP contribution in [0.15, 0.2) is 34.9 Å². The number of nitrogen functional groups attached to an aromatic ring is 1. The maximum Gasteiger partial charge on any atom is 0.345 e. The molecule has 3 N–H and O–H groups in total. The first-order valence-corrected chi connectivity index (χ1v) is 12.8. The first kappa shape index (κ1) is 22.7. The van der Waals surface area contributed by atoms with E-state index >= 15 is 0 Å². The summed E-state index contributed by atoms with van der Waals surface area (Å²) in [6.45, 7) is 6.48. The van der Waals surface area contributed by atoms with Crippen LogP contribution in [0.5, 0.6) is 0 Å². The number of carbonyl (C=O) groups is 1. The fraction of sp³-hybridized carbons (Fsp3) is 0.435. The summed E-state index contributed by atoms with van der Waals surface area (Å²) in [6, 6.07) is 7.18. The van der Waals surface area contributed by atoms with Crippen molar-refractivity contribution in [3.63, 3.8) is 0 Å². The number of aromatic nitrogens is 5. The van der Waals surface area contributed by atoms with Crippen LogP contribution in [0, 0.1) is 5.92 Å². The van der Waals surface area contributed by atoms with Gasteiger partial charge >= 0.3 is 5.97 Å². The number of piperazine rings is 1. The first-order chi connectivity index (χ1) is 17.5. The highest BCUT2D eigenvalue weighted by atomic mass is 32.1. The highest BCUT2D eigenvalue weighted by molar-refractivity contribution is 7.17. The Morgan fingerprint density at radius 1 is 1.11 bits per heavy atom. The monoisotopic (exact) mass is 509 g/mol. The summed E-state index contributed by atoms with van der Waals surface area (Å²) in [5, 5.41) is 14.6. The molecule has 13 heteroatoms. The number of nitrogens with zero attached hydrogens (tertiary/aromatic N) is 8. The molecule has 0 aliphatic carbocycles. The molecule has 1 atom stereocenters. The van der Waals surface area contributed by atoms with Crippen molar-refractivity contribution in [1.29, 1.82) is 0 Å². The molecule has 1 unspecified atom stereocenters. The molecule has 4 aromatic rings. The second kappa shape index (κ2) is 9.39. The largest absolute Gasteiger partial charge is 0.477 e. The van der Waals surface area contributed by atoms with Gasteiger partial charge in [-0.3, -0.25) is 4.90 Å². The molecule has 4 aromatic heterocycles. The van der Waals surface area contributed by atoms with Crippen molar-refractivity contribution in [1.82, 2.24) is 29.5 Å². The molecule has 36 heavy (non-hydrogen) atoms. The summed E-state index contributed by atoms with van der Waals surface area (Å²) in [5.41, 5.74) is 6.20. The predicted molar refractivity (Wildman–Crippen MR) is 136 cm³/mol. The number of anilines is 3. The third kappa shape index (κ3) is 4.46. The van der Waals surface area contributed by atoms with E-state index in [4.69, 9.17) is 10.2 Å². The number of hydrogen-bond donors (Lipinski definition) is 2. The Morgan fingerprint density at radius 3 is 2.72 bits per heavy atom. The minimum atomic E-state index is -0.862. The SMILES string of the molecule is Nc1nc(N2CCCC(CN3CCN(c4ccc(C(=O)O)s4)CC3)C2)nc2nc(-c3ccco3)nn12. The Bertz CT molecular complexity index is 1360. The van der Waals surface area contributed by atoms with Crippen LogP contribution in [-0.4, -0.2) is 86.4 Å². The van der Waals surface area contributed by atoms with Gasteiger partial charge in [0.25, 0.3) is 5.78 Å². The summed E-state index contributed by atoms with van der Waals surface area (Å²) in [7, 11) is 0. The smallest absolute Gasteiger partial charge is 0.345 e. The van der Waals surface area contributed by atoms with Gasteiger partial charge in [-0.2, -0.15) is 19.5 Å². The van der Waals surface area contributed by atoms with Gasteiger partial charge in [-0.05, 0) is 43.0 Å². The lowest BCUT2D eigenvalue weighted by molar-refractivity contribution is 0.0702. The Kier molecular flexibility index (Phi) is 5.93. The van der Waals surface area contributed by atoms with E-state index in [0.29, 0.717) is 34.1 Å². The molecular weight excluding hydrogens is 482 g/mol. The Hall–Kier alpha value is -3.71. The van der Waals surface area contributed by atoms with E-state index in [0.717, 1.165) is 63.7 Å². The molecule has 0 amide bonds. The van der Waals surface area contributed by atoms with Crippen molar-refractivity contribution in [2.45, 2.75) is 12.8 Å². The lowest BCUT2D eigenvalue weighted by Crippen LogP contribution is -2.49. The molecule has 188 valence electrons. The molecule has 12 nitrogen and oxygen atoms in total. The van der Waals surface area contributed by atoms with E-state index in [9.17, 15) is 9.90 Å². The van der Waals surface area contributed by atoms with Crippen LogP contribution in [-0.2, 0) is 0 Å². The number of aromatic carboxylic acids is 1. The lowest BCUT2D eigenvalue weighted by atomic mass is 9.97. The molecule has 2 fully saturated rings. The topological polar surface area (TPSA) is 142 Å².